The standard InChI is InChI=1S/C18H18N4O3S/c1-26(24,25)16-7-5-14(6-8-16)18(23)20-17-10-13-22(21-17)12-9-15-4-2-3-11-19-15/h2-8,10-11,13H,9,12H2,1H3,(H,20,21,23). The van der Waals surface area contributed by atoms with Gasteiger partial charge in [-0.05, 0) is 36.4 Å². The van der Waals surface area contributed by atoms with Crippen molar-refractivity contribution in [1.82, 2.24) is 14.8 Å². The van der Waals surface area contributed by atoms with Gasteiger partial charge in [0, 0.05) is 48.9 Å². The summed E-state index contributed by atoms with van der Waals surface area (Å²) in [6, 6.07) is 13.2. The van der Waals surface area contributed by atoms with E-state index in [1.54, 1.807) is 23.1 Å². The highest BCUT2D eigenvalue weighted by atomic mass is 32.2. The van der Waals surface area contributed by atoms with E-state index in [0.717, 1.165) is 18.4 Å². The van der Waals surface area contributed by atoms with Gasteiger partial charge in [-0.15, -0.1) is 0 Å². The molecule has 26 heavy (non-hydrogen) atoms. The quantitative estimate of drug-likeness (QED) is 0.718. The van der Waals surface area contributed by atoms with Crippen LogP contribution in [-0.2, 0) is 22.8 Å². The SMILES string of the molecule is CS(=O)(=O)c1ccc(C(=O)Nc2ccn(CCc3ccccn3)n2)cc1. The molecule has 0 atom stereocenters. The number of amides is 1. The van der Waals surface area contributed by atoms with Crippen molar-refractivity contribution in [1.29, 1.82) is 0 Å². The molecule has 0 saturated heterocycles. The molecule has 0 fully saturated rings. The minimum absolute atomic E-state index is 0.174. The Labute approximate surface area is 151 Å². The highest BCUT2D eigenvalue weighted by Crippen LogP contribution is 2.12. The first-order valence-corrected chi connectivity index (χ1v) is 9.86. The molecule has 7 nitrogen and oxygen atoms in total. The molecule has 0 unspecified atom stereocenters. The third-order valence-electron chi connectivity index (χ3n) is 3.75. The maximum Gasteiger partial charge on any atom is 0.256 e. The van der Waals surface area contributed by atoms with Gasteiger partial charge in [-0.3, -0.25) is 14.5 Å². The lowest BCUT2D eigenvalue weighted by atomic mass is 10.2. The van der Waals surface area contributed by atoms with Crippen LogP contribution in [0.25, 0.3) is 0 Å². The van der Waals surface area contributed by atoms with E-state index in [1.165, 1.54) is 24.3 Å². The highest BCUT2D eigenvalue weighted by Gasteiger charge is 2.11. The van der Waals surface area contributed by atoms with Crippen LogP contribution in [0.1, 0.15) is 16.1 Å². The average Bonchev–Trinajstić information content (AvgIpc) is 3.07. The Morgan fingerprint density at radius 3 is 2.54 bits per heavy atom. The highest BCUT2D eigenvalue weighted by molar-refractivity contribution is 7.90. The van der Waals surface area contributed by atoms with Crippen LogP contribution >= 0.6 is 0 Å². The number of carbonyl (C=O) groups excluding carboxylic acids is 1. The number of nitrogens with one attached hydrogen (secondary N) is 1. The molecule has 2 heterocycles. The van der Waals surface area contributed by atoms with Crippen molar-refractivity contribution in [2.24, 2.45) is 0 Å². The summed E-state index contributed by atoms with van der Waals surface area (Å²) in [5, 5.41) is 7.01. The van der Waals surface area contributed by atoms with Crippen molar-refractivity contribution in [3.63, 3.8) is 0 Å². The Morgan fingerprint density at radius 1 is 1.12 bits per heavy atom. The molecule has 0 aliphatic carbocycles. The maximum atomic E-state index is 12.2. The molecule has 1 N–H and O–H groups in total. The summed E-state index contributed by atoms with van der Waals surface area (Å²) in [5.74, 6) is 0.0863. The molecule has 0 radical (unpaired) electrons. The van der Waals surface area contributed by atoms with Gasteiger partial charge in [0.2, 0.25) is 0 Å². The van der Waals surface area contributed by atoms with Crippen LogP contribution in [0.3, 0.4) is 0 Å². The van der Waals surface area contributed by atoms with Crippen molar-refractivity contribution in [2.45, 2.75) is 17.9 Å². The summed E-state index contributed by atoms with van der Waals surface area (Å²) in [7, 11) is -3.28. The van der Waals surface area contributed by atoms with Crippen molar-refractivity contribution >= 4 is 21.6 Å². The molecule has 8 heteroatoms. The summed E-state index contributed by atoms with van der Waals surface area (Å²) in [6.07, 6.45) is 5.40. The van der Waals surface area contributed by atoms with E-state index in [4.69, 9.17) is 0 Å². The van der Waals surface area contributed by atoms with Crippen molar-refractivity contribution < 1.29 is 13.2 Å². The Balaban J connectivity index is 1.60. The van der Waals surface area contributed by atoms with Crippen LogP contribution in [-0.4, -0.2) is 35.3 Å². The zero-order valence-electron chi connectivity index (χ0n) is 14.2. The minimum Gasteiger partial charge on any atom is -0.305 e. The lowest BCUT2D eigenvalue weighted by molar-refractivity contribution is 0.102. The predicted octanol–water partition coefficient (Wildman–Crippen LogP) is 2.18. The molecule has 0 bridgehead atoms. The minimum atomic E-state index is -3.28. The van der Waals surface area contributed by atoms with E-state index in [2.05, 4.69) is 15.4 Å². The van der Waals surface area contributed by atoms with Gasteiger partial charge in [0.05, 0.1) is 4.90 Å². The first kappa shape index (κ1) is 17.8. The number of sulfone groups is 1. The fraction of sp³-hybridized carbons (Fsp3) is 0.167. The third kappa shape index (κ3) is 4.54. The second kappa shape index (κ2) is 7.49. The normalized spacial score (nSPS) is 11.3. The fourth-order valence-electron chi connectivity index (χ4n) is 2.37. The van der Waals surface area contributed by atoms with Gasteiger partial charge in [-0.2, -0.15) is 5.10 Å². The number of aryl methyl sites for hydroxylation is 2. The summed E-state index contributed by atoms with van der Waals surface area (Å²) in [5.41, 5.74) is 1.33. The number of nitrogens with zero attached hydrogens (tertiary/aromatic N) is 3. The smallest absolute Gasteiger partial charge is 0.256 e. The summed E-state index contributed by atoms with van der Waals surface area (Å²) in [4.78, 5) is 16.7. The number of pyridine rings is 1. The van der Waals surface area contributed by atoms with Crippen molar-refractivity contribution in [3.05, 3.63) is 72.2 Å². The number of aromatic nitrogens is 3. The molecule has 0 aliphatic heterocycles. The number of carbonyl (C=O) groups is 1. The van der Waals surface area contributed by atoms with Gasteiger partial charge in [0.25, 0.3) is 5.91 Å². The Kier molecular flexibility index (Phi) is 5.13. The molecular formula is C18H18N4O3S. The molecule has 0 spiro atoms. The Morgan fingerprint density at radius 2 is 1.88 bits per heavy atom. The van der Waals surface area contributed by atoms with Crippen LogP contribution in [0.2, 0.25) is 0 Å². The second-order valence-corrected chi connectivity index (χ2v) is 7.80. The molecule has 0 aliphatic rings. The van der Waals surface area contributed by atoms with E-state index < -0.39 is 9.84 Å². The maximum absolute atomic E-state index is 12.2. The monoisotopic (exact) mass is 370 g/mol. The molecule has 2 aromatic heterocycles. The lowest BCUT2D eigenvalue weighted by Crippen LogP contribution is -2.13. The lowest BCUT2D eigenvalue weighted by Gasteiger charge is -2.04. The van der Waals surface area contributed by atoms with Crippen molar-refractivity contribution in [3.8, 4) is 0 Å². The van der Waals surface area contributed by atoms with Gasteiger partial charge in [0.1, 0.15) is 0 Å². The number of hydrogen-bond acceptors (Lipinski definition) is 5. The molecule has 1 aromatic carbocycles. The van der Waals surface area contributed by atoms with Crippen LogP contribution in [0.5, 0.6) is 0 Å². The molecule has 3 rings (SSSR count). The summed E-state index contributed by atoms with van der Waals surface area (Å²) in [6.45, 7) is 0.649. The van der Waals surface area contributed by atoms with Crippen LogP contribution in [0.4, 0.5) is 5.82 Å². The second-order valence-electron chi connectivity index (χ2n) is 5.79. The van der Waals surface area contributed by atoms with Gasteiger partial charge in [-0.25, -0.2) is 8.42 Å². The molecule has 0 saturated carbocycles. The number of rotatable bonds is 6. The average molecular weight is 370 g/mol. The molecule has 134 valence electrons. The Hall–Kier alpha value is -3.00. The van der Waals surface area contributed by atoms with E-state index in [9.17, 15) is 13.2 Å². The van der Waals surface area contributed by atoms with E-state index in [0.29, 0.717) is 17.9 Å². The zero-order valence-corrected chi connectivity index (χ0v) is 15.0. The number of anilines is 1. The topological polar surface area (TPSA) is 94.0 Å². The van der Waals surface area contributed by atoms with E-state index in [-0.39, 0.29) is 10.8 Å². The molecular weight excluding hydrogens is 352 g/mol. The van der Waals surface area contributed by atoms with E-state index in [1.807, 2.05) is 18.2 Å². The van der Waals surface area contributed by atoms with E-state index >= 15 is 0 Å². The first-order chi connectivity index (χ1) is 12.4. The van der Waals surface area contributed by atoms with Gasteiger partial charge < -0.3 is 5.32 Å². The molecule has 1 amide bonds. The van der Waals surface area contributed by atoms with Gasteiger partial charge in [0.15, 0.2) is 15.7 Å². The number of hydrogen-bond donors (Lipinski definition) is 1. The van der Waals surface area contributed by atoms with Gasteiger partial charge >= 0.3 is 0 Å². The summed E-state index contributed by atoms with van der Waals surface area (Å²) >= 11 is 0. The predicted molar refractivity (Wildman–Crippen MR) is 97.7 cm³/mol. The fourth-order valence-corrected chi connectivity index (χ4v) is 3.00. The van der Waals surface area contributed by atoms with Crippen LogP contribution in [0.15, 0.2) is 65.8 Å². The summed E-state index contributed by atoms with van der Waals surface area (Å²) < 4.78 is 24.6. The first-order valence-electron chi connectivity index (χ1n) is 7.97. The van der Waals surface area contributed by atoms with Crippen LogP contribution in [0, 0.1) is 0 Å². The number of benzene rings is 1. The van der Waals surface area contributed by atoms with Crippen molar-refractivity contribution in [2.75, 3.05) is 11.6 Å². The van der Waals surface area contributed by atoms with Gasteiger partial charge in [-0.1, -0.05) is 6.07 Å². The molecule has 3 aromatic rings. The zero-order chi connectivity index (χ0) is 18.6. The third-order valence-corrected chi connectivity index (χ3v) is 4.88. The Bertz CT molecular complexity index is 996. The largest absolute Gasteiger partial charge is 0.305 e. The van der Waals surface area contributed by atoms with Crippen LogP contribution < -0.4 is 5.32 Å².